The van der Waals surface area contributed by atoms with Gasteiger partial charge in [0.05, 0.1) is 11.4 Å². The Bertz CT molecular complexity index is 1230. The van der Waals surface area contributed by atoms with Gasteiger partial charge in [0.15, 0.2) is 0 Å². The molecule has 0 aromatic heterocycles. The van der Waals surface area contributed by atoms with E-state index in [2.05, 4.69) is 0 Å². The maximum atomic E-state index is 13.4. The minimum absolute atomic E-state index is 0.0268. The molecule has 1 heterocycles. The van der Waals surface area contributed by atoms with Crippen LogP contribution >= 0.6 is 11.8 Å². The van der Waals surface area contributed by atoms with E-state index in [0.29, 0.717) is 17.1 Å². The number of anilines is 4. The summed E-state index contributed by atoms with van der Waals surface area (Å²) in [6.45, 7) is 14.8. The average molecular weight is 542 g/mol. The van der Waals surface area contributed by atoms with Gasteiger partial charge in [-0.05, 0) is 84.4 Å². The van der Waals surface area contributed by atoms with E-state index in [1.165, 1.54) is 16.7 Å². The topological polar surface area (TPSA) is 79.4 Å². The van der Waals surface area contributed by atoms with Crippen LogP contribution in [0.4, 0.5) is 32.3 Å². The molecule has 0 N–H and O–H groups in total. The zero-order valence-corrected chi connectivity index (χ0v) is 24.9. The number of rotatable bonds is 4. The Morgan fingerprint density at radius 2 is 1.32 bits per heavy atom. The second kappa shape index (κ2) is 10.9. The highest BCUT2D eigenvalue weighted by Crippen LogP contribution is 2.50. The maximum absolute atomic E-state index is 13.4. The van der Waals surface area contributed by atoms with Crippen LogP contribution < -0.4 is 14.7 Å². The normalized spacial score (nSPS) is 13.7. The molecule has 0 spiro atoms. The van der Waals surface area contributed by atoms with Gasteiger partial charge >= 0.3 is 12.2 Å². The largest absolute Gasteiger partial charge is 0.443 e. The Balaban J connectivity index is 2.06. The number of hydrogen-bond acceptors (Lipinski definition) is 6. The van der Waals surface area contributed by atoms with Crippen molar-refractivity contribution in [2.45, 2.75) is 82.8 Å². The van der Waals surface area contributed by atoms with Crippen molar-refractivity contribution in [1.82, 2.24) is 0 Å². The molecule has 2 aromatic carbocycles. The highest BCUT2D eigenvalue weighted by atomic mass is 32.2. The van der Waals surface area contributed by atoms with Crippen molar-refractivity contribution in [3.63, 3.8) is 0 Å². The molecule has 1 atom stereocenters. The van der Waals surface area contributed by atoms with Gasteiger partial charge in [-0.15, -0.1) is 0 Å². The first-order valence-corrected chi connectivity index (χ1v) is 13.6. The molecule has 0 radical (unpaired) electrons. The molecule has 3 amide bonds. The minimum Gasteiger partial charge on any atom is -0.443 e. The van der Waals surface area contributed by atoms with Crippen LogP contribution in [0.2, 0.25) is 0 Å². The molecule has 1 aliphatic heterocycles. The summed E-state index contributed by atoms with van der Waals surface area (Å²) in [5.74, 6) is -0.0763. The number of fused-ring (bicyclic) bond motifs is 2. The first-order chi connectivity index (χ1) is 17.5. The van der Waals surface area contributed by atoms with Gasteiger partial charge < -0.3 is 14.4 Å². The quantitative estimate of drug-likeness (QED) is 0.396. The molecule has 3 rings (SSSR count). The molecule has 0 saturated carbocycles. The SMILES string of the molecule is CCC(C)C(=O)N(C)c1ccc2c(c1)Sc1cc(N(C)C(=O)OC(C)(C)C)ccc1N2C(=O)OC(C)(C)C. The molecule has 9 heteroatoms. The monoisotopic (exact) mass is 541 g/mol. The predicted octanol–water partition coefficient (Wildman–Crippen LogP) is 7.60. The first-order valence-electron chi connectivity index (χ1n) is 12.8. The Labute approximate surface area is 230 Å². The van der Waals surface area contributed by atoms with Gasteiger partial charge in [0.25, 0.3) is 0 Å². The summed E-state index contributed by atoms with van der Waals surface area (Å²) in [6.07, 6.45) is -0.239. The first kappa shape index (κ1) is 29.4. The van der Waals surface area contributed by atoms with E-state index in [-0.39, 0.29) is 11.8 Å². The minimum atomic E-state index is -0.693. The second-order valence-electron chi connectivity index (χ2n) is 11.5. The third kappa shape index (κ3) is 6.62. The molecule has 38 heavy (non-hydrogen) atoms. The van der Waals surface area contributed by atoms with Crippen LogP contribution in [0.15, 0.2) is 46.2 Å². The fourth-order valence-electron chi connectivity index (χ4n) is 3.78. The van der Waals surface area contributed by atoms with Crippen LogP contribution in [0.1, 0.15) is 61.8 Å². The Morgan fingerprint density at radius 3 is 1.76 bits per heavy atom. The van der Waals surface area contributed by atoms with E-state index in [1.54, 1.807) is 36.0 Å². The molecular weight excluding hydrogens is 502 g/mol. The molecule has 1 unspecified atom stereocenters. The smallest absolute Gasteiger partial charge is 0.419 e. The van der Waals surface area contributed by atoms with E-state index in [1.807, 2.05) is 79.7 Å². The number of ether oxygens (including phenoxy) is 2. The number of hydrogen-bond donors (Lipinski definition) is 0. The second-order valence-corrected chi connectivity index (χ2v) is 12.6. The summed E-state index contributed by atoms with van der Waals surface area (Å²) < 4.78 is 11.3. The molecule has 0 fully saturated rings. The van der Waals surface area contributed by atoms with E-state index >= 15 is 0 Å². The zero-order valence-electron chi connectivity index (χ0n) is 24.0. The number of carbonyl (C=O) groups is 3. The molecule has 0 saturated heterocycles. The summed E-state index contributed by atoms with van der Waals surface area (Å²) in [5.41, 5.74) is 1.35. The number of nitrogens with zero attached hydrogens (tertiary/aromatic N) is 3. The van der Waals surface area contributed by atoms with Crippen molar-refractivity contribution in [1.29, 1.82) is 0 Å². The van der Waals surface area contributed by atoms with Gasteiger partial charge in [-0.3, -0.25) is 9.69 Å². The van der Waals surface area contributed by atoms with Crippen molar-refractivity contribution in [3.05, 3.63) is 36.4 Å². The fourth-order valence-corrected chi connectivity index (χ4v) is 4.90. The standard InChI is InChI=1S/C29H39N3O5S/c1-11-18(2)25(33)30(9)19-12-14-21-23(16-19)38-24-17-20(31(10)26(34)36-28(3,4)5)13-15-22(24)32(21)27(35)37-29(6,7)8/h12-18H,11H2,1-10H3. The van der Waals surface area contributed by atoms with Crippen molar-refractivity contribution in [2.24, 2.45) is 5.92 Å². The van der Waals surface area contributed by atoms with Gasteiger partial charge in [-0.2, -0.15) is 0 Å². The number of amides is 3. The summed E-state index contributed by atoms with van der Waals surface area (Å²) in [5, 5.41) is 0. The average Bonchev–Trinajstić information content (AvgIpc) is 2.82. The molecular formula is C29H39N3O5S. The number of benzene rings is 2. The lowest BCUT2D eigenvalue weighted by Gasteiger charge is -2.34. The molecule has 1 aliphatic rings. The molecule has 0 bridgehead atoms. The fraction of sp³-hybridized carbons (Fsp3) is 0.483. The summed E-state index contributed by atoms with van der Waals surface area (Å²) in [4.78, 5) is 45.1. The Hall–Kier alpha value is -3.20. The van der Waals surface area contributed by atoms with Crippen LogP contribution in [0, 0.1) is 5.92 Å². The van der Waals surface area contributed by atoms with E-state index in [4.69, 9.17) is 9.47 Å². The van der Waals surface area contributed by atoms with Gasteiger partial charge in [0, 0.05) is 41.2 Å². The van der Waals surface area contributed by atoms with Crippen molar-refractivity contribution >= 4 is 52.6 Å². The Morgan fingerprint density at radius 1 is 0.842 bits per heavy atom. The maximum Gasteiger partial charge on any atom is 0.419 e. The summed E-state index contributed by atoms with van der Waals surface area (Å²) in [7, 11) is 3.41. The van der Waals surface area contributed by atoms with Crippen LogP contribution in [-0.4, -0.2) is 43.4 Å². The Kier molecular flexibility index (Phi) is 8.41. The highest BCUT2D eigenvalue weighted by molar-refractivity contribution is 7.99. The zero-order chi connectivity index (χ0) is 28.6. The highest BCUT2D eigenvalue weighted by Gasteiger charge is 2.33. The van der Waals surface area contributed by atoms with E-state index in [0.717, 1.165) is 21.9 Å². The van der Waals surface area contributed by atoms with Gasteiger partial charge in [0.2, 0.25) is 5.91 Å². The van der Waals surface area contributed by atoms with Gasteiger partial charge in [0.1, 0.15) is 11.2 Å². The van der Waals surface area contributed by atoms with Crippen LogP contribution in [-0.2, 0) is 14.3 Å². The molecule has 2 aromatic rings. The lowest BCUT2D eigenvalue weighted by atomic mass is 10.1. The van der Waals surface area contributed by atoms with Gasteiger partial charge in [-0.25, -0.2) is 14.5 Å². The summed E-state index contributed by atoms with van der Waals surface area (Å²) in [6, 6.07) is 11.0. The number of carbonyl (C=O) groups excluding carboxylic acids is 3. The third-order valence-electron chi connectivity index (χ3n) is 5.97. The molecule has 206 valence electrons. The van der Waals surface area contributed by atoms with Gasteiger partial charge in [-0.1, -0.05) is 25.6 Å². The van der Waals surface area contributed by atoms with Crippen molar-refractivity contribution in [2.75, 3.05) is 28.8 Å². The van der Waals surface area contributed by atoms with Crippen LogP contribution in [0.25, 0.3) is 0 Å². The lowest BCUT2D eigenvalue weighted by Crippen LogP contribution is -2.36. The van der Waals surface area contributed by atoms with Crippen molar-refractivity contribution in [3.8, 4) is 0 Å². The lowest BCUT2D eigenvalue weighted by molar-refractivity contribution is -0.121. The summed E-state index contributed by atoms with van der Waals surface area (Å²) >= 11 is 1.47. The molecule has 0 aliphatic carbocycles. The van der Waals surface area contributed by atoms with E-state index in [9.17, 15) is 14.4 Å². The third-order valence-corrected chi connectivity index (χ3v) is 7.06. The van der Waals surface area contributed by atoms with Crippen LogP contribution in [0.5, 0.6) is 0 Å². The molecule has 8 nitrogen and oxygen atoms in total. The van der Waals surface area contributed by atoms with Crippen LogP contribution in [0.3, 0.4) is 0 Å². The van der Waals surface area contributed by atoms with E-state index < -0.39 is 23.4 Å². The van der Waals surface area contributed by atoms with Crippen molar-refractivity contribution < 1.29 is 23.9 Å². The predicted molar refractivity (Wildman–Crippen MR) is 153 cm³/mol.